The number of hydrogen-bond acceptors (Lipinski definition) is 2. The van der Waals surface area contributed by atoms with E-state index in [2.05, 4.69) is 12.2 Å². The topological polar surface area (TPSA) is 49.4 Å². The van der Waals surface area contributed by atoms with Gasteiger partial charge in [0, 0.05) is 5.54 Å². The van der Waals surface area contributed by atoms with Crippen LogP contribution in [0.15, 0.2) is 0 Å². The van der Waals surface area contributed by atoms with E-state index in [-0.39, 0.29) is 23.4 Å². The van der Waals surface area contributed by atoms with Crippen LogP contribution in [0.2, 0.25) is 0 Å². The van der Waals surface area contributed by atoms with Gasteiger partial charge in [-0.1, -0.05) is 19.3 Å². The number of amides is 2. The first kappa shape index (κ1) is 12.9. The standard InChI is InChI=1S/C15H24N2O2/c1-11-12(18)16-15(9-4-3-5-10-15)13(19)17(11)14(2)7-6-8-14/h11H,3-10H2,1-2H3,(H,16,18). The minimum atomic E-state index is -0.583. The second kappa shape index (κ2) is 4.22. The van der Waals surface area contributed by atoms with Crippen LogP contribution in [-0.4, -0.2) is 33.8 Å². The van der Waals surface area contributed by atoms with E-state index in [1.165, 1.54) is 12.8 Å². The molecule has 4 nitrogen and oxygen atoms in total. The Hall–Kier alpha value is -1.06. The smallest absolute Gasteiger partial charge is 0.249 e. The van der Waals surface area contributed by atoms with Gasteiger partial charge in [0.1, 0.15) is 11.6 Å². The number of piperazine rings is 1. The van der Waals surface area contributed by atoms with Gasteiger partial charge in [0.15, 0.2) is 0 Å². The van der Waals surface area contributed by atoms with Gasteiger partial charge in [-0.15, -0.1) is 0 Å². The van der Waals surface area contributed by atoms with Crippen LogP contribution in [0.5, 0.6) is 0 Å². The van der Waals surface area contributed by atoms with Crippen molar-refractivity contribution in [3.63, 3.8) is 0 Å². The molecule has 1 spiro atoms. The summed E-state index contributed by atoms with van der Waals surface area (Å²) in [6.45, 7) is 4.01. The highest BCUT2D eigenvalue weighted by molar-refractivity contribution is 6.00. The van der Waals surface area contributed by atoms with Crippen molar-refractivity contribution in [2.45, 2.75) is 82.3 Å². The third kappa shape index (κ3) is 1.79. The molecular weight excluding hydrogens is 240 g/mol. The summed E-state index contributed by atoms with van der Waals surface area (Å²) >= 11 is 0. The summed E-state index contributed by atoms with van der Waals surface area (Å²) in [5, 5.41) is 3.05. The molecule has 19 heavy (non-hydrogen) atoms. The van der Waals surface area contributed by atoms with E-state index in [9.17, 15) is 9.59 Å². The van der Waals surface area contributed by atoms with Crippen molar-refractivity contribution in [2.24, 2.45) is 0 Å². The molecule has 1 heterocycles. The average Bonchev–Trinajstić information content (AvgIpc) is 2.36. The largest absolute Gasteiger partial charge is 0.340 e. The minimum Gasteiger partial charge on any atom is -0.340 e. The van der Waals surface area contributed by atoms with Crippen LogP contribution in [-0.2, 0) is 9.59 Å². The monoisotopic (exact) mass is 264 g/mol. The van der Waals surface area contributed by atoms with Crippen LogP contribution in [0.25, 0.3) is 0 Å². The molecule has 1 N–H and O–H groups in total. The van der Waals surface area contributed by atoms with Gasteiger partial charge < -0.3 is 10.2 Å². The van der Waals surface area contributed by atoms with E-state index in [0.717, 1.165) is 38.5 Å². The lowest BCUT2D eigenvalue weighted by Crippen LogP contribution is -2.75. The fourth-order valence-corrected chi connectivity index (χ4v) is 4.05. The first-order valence-corrected chi connectivity index (χ1v) is 7.64. The molecule has 0 bridgehead atoms. The summed E-state index contributed by atoms with van der Waals surface area (Å²) in [7, 11) is 0. The number of nitrogens with one attached hydrogen (secondary N) is 1. The quantitative estimate of drug-likeness (QED) is 0.787. The molecule has 2 amide bonds. The molecule has 1 unspecified atom stereocenters. The minimum absolute atomic E-state index is 0.0367. The molecule has 1 saturated heterocycles. The van der Waals surface area contributed by atoms with E-state index >= 15 is 0 Å². The Morgan fingerprint density at radius 1 is 1.05 bits per heavy atom. The maximum Gasteiger partial charge on any atom is 0.249 e. The Morgan fingerprint density at radius 3 is 2.21 bits per heavy atom. The van der Waals surface area contributed by atoms with E-state index in [4.69, 9.17) is 0 Å². The fourth-order valence-electron chi connectivity index (χ4n) is 4.05. The van der Waals surface area contributed by atoms with Gasteiger partial charge in [-0.05, 0) is 46.0 Å². The van der Waals surface area contributed by atoms with Crippen molar-refractivity contribution in [1.29, 1.82) is 0 Å². The Balaban J connectivity index is 1.93. The van der Waals surface area contributed by atoms with E-state index in [0.29, 0.717) is 0 Å². The molecule has 3 rings (SSSR count). The lowest BCUT2D eigenvalue weighted by atomic mass is 9.72. The normalized spacial score (nSPS) is 32.9. The van der Waals surface area contributed by atoms with Crippen LogP contribution >= 0.6 is 0 Å². The highest BCUT2D eigenvalue weighted by Gasteiger charge is 2.55. The number of rotatable bonds is 1. The van der Waals surface area contributed by atoms with Crippen molar-refractivity contribution in [2.75, 3.05) is 0 Å². The molecule has 3 aliphatic rings. The first-order chi connectivity index (χ1) is 8.99. The summed E-state index contributed by atoms with van der Waals surface area (Å²) in [5.41, 5.74) is -0.668. The third-order valence-electron chi connectivity index (χ3n) is 5.48. The maximum absolute atomic E-state index is 13.0. The van der Waals surface area contributed by atoms with Gasteiger partial charge in [0.25, 0.3) is 0 Å². The predicted octanol–water partition coefficient (Wildman–Crippen LogP) is 1.98. The van der Waals surface area contributed by atoms with Gasteiger partial charge >= 0.3 is 0 Å². The SMILES string of the molecule is CC1C(=O)NC2(CCCCC2)C(=O)N1C1(C)CCC1. The summed E-state index contributed by atoms with van der Waals surface area (Å²) in [6, 6.07) is -0.314. The zero-order chi connectivity index (χ0) is 13.7. The Labute approximate surface area is 114 Å². The molecule has 106 valence electrons. The predicted molar refractivity (Wildman–Crippen MR) is 72.5 cm³/mol. The van der Waals surface area contributed by atoms with Crippen LogP contribution in [0, 0.1) is 0 Å². The molecule has 0 aromatic rings. The van der Waals surface area contributed by atoms with Crippen molar-refractivity contribution in [3.8, 4) is 0 Å². The molecule has 2 saturated carbocycles. The lowest BCUT2D eigenvalue weighted by molar-refractivity contribution is -0.167. The van der Waals surface area contributed by atoms with E-state index in [1.54, 1.807) is 0 Å². The van der Waals surface area contributed by atoms with E-state index < -0.39 is 5.54 Å². The summed E-state index contributed by atoms with van der Waals surface area (Å²) in [5.74, 6) is 0.219. The van der Waals surface area contributed by atoms with Crippen molar-refractivity contribution in [1.82, 2.24) is 10.2 Å². The first-order valence-electron chi connectivity index (χ1n) is 7.64. The van der Waals surface area contributed by atoms with Crippen molar-refractivity contribution in [3.05, 3.63) is 0 Å². The van der Waals surface area contributed by atoms with Gasteiger partial charge in [0.05, 0.1) is 0 Å². The Kier molecular flexibility index (Phi) is 2.88. The average molecular weight is 264 g/mol. The molecule has 0 aromatic heterocycles. The fraction of sp³-hybridized carbons (Fsp3) is 0.867. The summed E-state index contributed by atoms with van der Waals surface area (Å²) in [6.07, 6.45) is 8.14. The molecule has 1 aliphatic heterocycles. The van der Waals surface area contributed by atoms with Crippen LogP contribution in [0.4, 0.5) is 0 Å². The number of hydrogen-bond donors (Lipinski definition) is 1. The number of carbonyl (C=O) groups excluding carboxylic acids is 2. The zero-order valence-corrected chi connectivity index (χ0v) is 12.0. The molecule has 4 heteroatoms. The Bertz CT molecular complexity index is 408. The van der Waals surface area contributed by atoms with Gasteiger partial charge in [0.2, 0.25) is 11.8 Å². The van der Waals surface area contributed by atoms with Crippen molar-refractivity contribution >= 4 is 11.8 Å². The van der Waals surface area contributed by atoms with E-state index in [1.807, 2.05) is 11.8 Å². The maximum atomic E-state index is 13.0. The Morgan fingerprint density at radius 2 is 1.68 bits per heavy atom. The second-order valence-corrected chi connectivity index (χ2v) is 6.83. The van der Waals surface area contributed by atoms with Gasteiger partial charge in [-0.25, -0.2) is 0 Å². The highest BCUT2D eigenvalue weighted by Crippen LogP contribution is 2.43. The summed E-state index contributed by atoms with van der Waals surface area (Å²) in [4.78, 5) is 27.2. The van der Waals surface area contributed by atoms with Crippen LogP contribution in [0.1, 0.15) is 65.2 Å². The molecule has 0 radical (unpaired) electrons. The lowest BCUT2D eigenvalue weighted by Gasteiger charge is -2.56. The van der Waals surface area contributed by atoms with Gasteiger partial charge in [-0.2, -0.15) is 0 Å². The van der Waals surface area contributed by atoms with Crippen molar-refractivity contribution < 1.29 is 9.59 Å². The molecule has 3 fully saturated rings. The van der Waals surface area contributed by atoms with Gasteiger partial charge in [-0.3, -0.25) is 9.59 Å². The highest BCUT2D eigenvalue weighted by atomic mass is 16.2. The molecule has 0 aromatic carbocycles. The molecule has 1 atom stereocenters. The summed E-state index contributed by atoms with van der Waals surface area (Å²) < 4.78 is 0. The molecule has 2 aliphatic carbocycles. The second-order valence-electron chi connectivity index (χ2n) is 6.83. The zero-order valence-electron chi connectivity index (χ0n) is 12.0. The third-order valence-corrected chi connectivity index (χ3v) is 5.48. The number of nitrogens with zero attached hydrogens (tertiary/aromatic N) is 1. The van der Waals surface area contributed by atoms with Crippen LogP contribution < -0.4 is 5.32 Å². The molecular formula is C15H24N2O2. The number of carbonyl (C=O) groups is 2. The van der Waals surface area contributed by atoms with Crippen LogP contribution in [0.3, 0.4) is 0 Å².